The van der Waals surface area contributed by atoms with Crippen LogP contribution in [0.1, 0.15) is 12.8 Å². The van der Waals surface area contributed by atoms with Gasteiger partial charge < -0.3 is 14.9 Å². The fourth-order valence-electron chi connectivity index (χ4n) is 3.35. The summed E-state index contributed by atoms with van der Waals surface area (Å²) >= 11 is 0. The second kappa shape index (κ2) is 4.29. The van der Waals surface area contributed by atoms with Gasteiger partial charge in [0.25, 0.3) is 0 Å². The van der Waals surface area contributed by atoms with E-state index >= 15 is 0 Å². The Morgan fingerprint density at radius 1 is 1.53 bits per heavy atom. The average Bonchev–Trinajstić information content (AvgIpc) is 2.89. The molecule has 7 nitrogen and oxygen atoms in total. The predicted octanol–water partition coefficient (Wildman–Crippen LogP) is 0.211. The minimum absolute atomic E-state index is 0.0541. The van der Waals surface area contributed by atoms with Gasteiger partial charge in [0.15, 0.2) is 5.60 Å². The lowest BCUT2D eigenvalue weighted by Crippen LogP contribution is -2.53. The zero-order valence-electron chi connectivity index (χ0n) is 10.0. The summed E-state index contributed by atoms with van der Waals surface area (Å²) in [4.78, 5) is 36.9. The molecular weight excluding hydrogens is 254 g/mol. The number of ether oxygens (including phenoxy) is 1. The number of hydrogen-bond donors (Lipinski definition) is 2. The number of carbonyl (C=O) groups excluding carboxylic acids is 1. The van der Waals surface area contributed by atoms with E-state index in [2.05, 4.69) is 11.6 Å². The van der Waals surface area contributed by atoms with Gasteiger partial charge in [0, 0.05) is 5.92 Å². The quantitative estimate of drug-likeness (QED) is 0.404. The van der Waals surface area contributed by atoms with E-state index in [1.165, 1.54) is 12.2 Å². The van der Waals surface area contributed by atoms with Crippen LogP contribution in [0.25, 0.3) is 0 Å². The highest BCUT2D eigenvalue weighted by Crippen LogP contribution is 2.69. The fourth-order valence-corrected chi connectivity index (χ4v) is 3.35. The molecule has 19 heavy (non-hydrogen) atoms. The molecule has 0 aromatic carbocycles. The number of hydrogen-bond acceptors (Lipinski definition) is 5. The molecule has 0 radical (unpaired) electrons. The largest absolute Gasteiger partial charge is 0.481 e. The molecule has 102 valence electrons. The summed E-state index contributed by atoms with van der Waals surface area (Å²) < 4.78 is 5.34. The molecule has 0 unspecified atom stereocenters. The smallest absolute Gasteiger partial charge is 0.338 e. The standard InChI is InChI=1S/C12H13NO6/c1-2-5-19-11(10(17)18)4-3-7-8(9(15)16)12(7,11)13-6-14/h2,7-8H,1,3-5H2,(H,15,16)(H,17,18)/t7-,8+,11-,12+/m1/s1. The summed E-state index contributed by atoms with van der Waals surface area (Å²) in [6, 6.07) is 0. The van der Waals surface area contributed by atoms with Gasteiger partial charge in [-0.25, -0.2) is 9.59 Å². The van der Waals surface area contributed by atoms with E-state index in [0.29, 0.717) is 6.42 Å². The maximum atomic E-state index is 11.6. The van der Waals surface area contributed by atoms with Crippen LogP contribution in [0.3, 0.4) is 0 Å². The van der Waals surface area contributed by atoms with E-state index in [1.807, 2.05) is 0 Å². The van der Waals surface area contributed by atoms with Crippen molar-refractivity contribution < 1.29 is 29.3 Å². The number of nitrogens with zero attached hydrogens (tertiary/aromatic N) is 1. The van der Waals surface area contributed by atoms with Crippen LogP contribution in [-0.4, -0.2) is 46.0 Å². The molecule has 0 bridgehead atoms. The Morgan fingerprint density at radius 3 is 2.63 bits per heavy atom. The van der Waals surface area contributed by atoms with E-state index in [-0.39, 0.29) is 13.0 Å². The number of aliphatic carboxylic acids is 2. The molecule has 0 heterocycles. The molecule has 0 amide bonds. The molecule has 2 rings (SSSR count). The van der Waals surface area contributed by atoms with Crippen molar-refractivity contribution in [3.8, 4) is 0 Å². The zero-order valence-corrected chi connectivity index (χ0v) is 10.0. The Balaban J connectivity index is 2.48. The Labute approximate surface area is 108 Å². The Kier molecular flexibility index (Phi) is 3.04. The molecule has 7 heteroatoms. The molecule has 0 aromatic heterocycles. The van der Waals surface area contributed by atoms with Crippen molar-refractivity contribution in [3.63, 3.8) is 0 Å². The lowest BCUT2D eigenvalue weighted by Gasteiger charge is -2.31. The van der Waals surface area contributed by atoms with E-state index in [9.17, 15) is 19.5 Å². The van der Waals surface area contributed by atoms with Gasteiger partial charge in [-0.3, -0.25) is 4.79 Å². The molecule has 0 aliphatic heterocycles. The van der Waals surface area contributed by atoms with Gasteiger partial charge in [-0.2, -0.15) is 4.99 Å². The van der Waals surface area contributed by atoms with Crippen LogP contribution in [0, 0.1) is 11.8 Å². The first-order chi connectivity index (χ1) is 8.98. The molecular formula is C12H13NO6. The number of rotatable bonds is 6. The van der Waals surface area contributed by atoms with Crippen molar-refractivity contribution in [2.75, 3.05) is 6.61 Å². The molecule has 2 N–H and O–H groups in total. The van der Waals surface area contributed by atoms with Crippen molar-refractivity contribution >= 4 is 18.0 Å². The normalized spacial score (nSPS) is 38.9. The third kappa shape index (κ3) is 1.49. The number of fused-ring (bicyclic) bond motifs is 1. The lowest BCUT2D eigenvalue weighted by atomic mass is 9.89. The molecule has 2 aliphatic carbocycles. The topological polar surface area (TPSA) is 113 Å². The third-order valence-corrected chi connectivity index (χ3v) is 4.08. The van der Waals surface area contributed by atoms with Crippen LogP contribution in [0.5, 0.6) is 0 Å². The number of carboxylic acids is 2. The maximum Gasteiger partial charge on any atom is 0.338 e. The van der Waals surface area contributed by atoms with Gasteiger partial charge in [-0.15, -0.1) is 6.58 Å². The van der Waals surface area contributed by atoms with E-state index in [4.69, 9.17) is 9.84 Å². The van der Waals surface area contributed by atoms with Crippen molar-refractivity contribution in [2.45, 2.75) is 24.0 Å². The number of carboxylic acid groups (broad SMARTS) is 2. The first-order valence-electron chi connectivity index (χ1n) is 5.78. The maximum absolute atomic E-state index is 11.6. The van der Waals surface area contributed by atoms with Gasteiger partial charge in [0.05, 0.1) is 12.5 Å². The summed E-state index contributed by atoms with van der Waals surface area (Å²) in [5, 5.41) is 18.6. The minimum atomic E-state index is -1.79. The lowest BCUT2D eigenvalue weighted by molar-refractivity contribution is -0.169. The van der Waals surface area contributed by atoms with Crippen LogP contribution in [-0.2, 0) is 19.1 Å². The SMILES string of the molecule is C=CCO[C@@]1(C(=O)O)CC[C@@H]2[C@@H](C(=O)O)[C@@]21N=C=O. The highest BCUT2D eigenvalue weighted by molar-refractivity contribution is 5.89. The summed E-state index contributed by atoms with van der Waals surface area (Å²) in [6.07, 6.45) is 3.13. The number of isocyanates is 1. The average molecular weight is 267 g/mol. The Morgan fingerprint density at radius 2 is 2.21 bits per heavy atom. The fraction of sp³-hybridized carbons (Fsp3) is 0.583. The second-order valence-corrected chi connectivity index (χ2v) is 4.72. The number of carbonyl (C=O) groups is 2. The molecule has 0 spiro atoms. The first kappa shape index (κ1) is 13.5. The molecule has 2 fully saturated rings. The van der Waals surface area contributed by atoms with Crippen molar-refractivity contribution in [3.05, 3.63) is 12.7 Å². The van der Waals surface area contributed by atoms with Crippen molar-refractivity contribution in [2.24, 2.45) is 16.8 Å². The molecule has 0 aromatic rings. The van der Waals surface area contributed by atoms with Crippen molar-refractivity contribution in [1.29, 1.82) is 0 Å². The predicted molar refractivity (Wildman–Crippen MR) is 61.2 cm³/mol. The monoisotopic (exact) mass is 267 g/mol. The van der Waals surface area contributed by atoms with Gasteiger partial charge in [0.1, 0.15) is 5.54 Å². The minimum Gasteiger partial charge on any atom is -0.481 e. The van der Waals surface area contributed by atoms with Crippen LogP contribution in [0.15, 0.2) is 17.6 Å². The van der Waals surface area contributed by atoms with E-state index in [1.54, 1.807) is 0 Å². The summed E-state index contributed by atoms with van der Waals surface area (Å²) in [5.41, 5.74) is -3.32. The highest BCUT2D eigenvalue weighted by atomic mass is 16.5. The molecule has 4 atom stereocenters. The van der Waals surface area contributed by atoms with Crippen molar-refractivity contribution in [1.82, 2.24) is 0 Å². The zero-order chi connectivity index (χ0) is 14.3. The highest BCUT2D eigenvalue weighted by Gasteiger charge is 2.85. The van der Waals surface area contributed by atoms with Crippen LogP contribution in [0.4, 0.5) is 0 Å². The Hall–Kier alpha value is -1.98. The number of aliphatic imine (C=N–C) groups is 1. The molecule has 2 aliphatic rings. The van der Waals surface area contributed by atoms with Crippen LogP contribution >= 0.6 is 0 Å². The molecule has 0 saturated heterocycles. The van der Waals surface area contributed by atoms with Gasteiger partial charge in [0.2, 0.25) is 6.08 Å². The van der Waals surface area contributed by atoms with E-state index < -0.39 is 34.9 Å². The third-order valence-electron chi connectivity index (χ3n) is 4.08. The second-order valence-electron chi connectivity index (χ2n) is 4.72. The van der Waals surface area contributed by atoms with Gasteiger partial charge in [-0.1, -0.05) is 6.08 Å². The Bertz CT molecular complexity index is 496. The van der Waals surface area contributed by atoms with E-state index in [0.717, 1.165) is 0 Å². The summed E-state index contributed by atoms with van der Waals surface area (Å²) in [6.45, 7) is 3.38. The first-order valence-corrected chi connectivity index (χ1v) is 5.78. The van der Waals surface area contributed by atoms with Gasteiger partial charge >= 0.3 is 11.9 Å². The summed E-state index contributed by atoms with van der Waals surface area (Å²) in [7, 11) is 0. The van der Waals surface area contributed by atoms with Gasteiger partial charge in [-0.05, 0) is 12.8 Å². The molecule has 2 saturated carbocycles. The summed E-state index contributed by atoms with van der Waals surface area (Å²) in [5.74, 6) is -3.98. The van der Waals surface area contributed by atoms with Crippen LogP contribution in [0.2, 0.25) is 0 Å². The van der Waals surface area contributed by atoms with Crippen LogP contribution < -0.4 is 0 Å².